The standard InChI is InChI=1S/C24H24N4O2/c1-14(2)11-27-12-17-21(16-6-5-9-25-10-16)23-19(13-28(15(3)29)24(23)30)26-18-7-4-8-20(27)22(17)18/h4-10,12,14,21,26H,11,13H2,1-3H3. The Morgan fingerprint density at radius 1 is 1.27 bits per heavy atom. The van der Waals surface area contributed by atoms with E-state index in [4.69, 9.17) is 0 Å². The molecular formula is C24H24N4O2. The highest BCUT2D eigenvalue weighted by Crippen LogP contribution is 2.46. The van der Waals surface area contributed by atoms with Crippen LogP contribution in [0.1, 0.15) is 37.8 Å². The zero-order valence-corrected chi connectivity index (χ0v) is 17.3. The van der Waals surface area contributed by atoms with E-state index < -0.39 is 0 Å². The first kappa shape index (κ1) is 18.6. The fourth-order valence-electron chi connectivity index (χ4n) is 4.71. The zero-order chi connectivity index (χ0) is 21.0. The number of carbonyl (C=O) groups is 2. The van der Waals surface area contributed by atoms with Crippen molar-refractivity contribution in [2.45, 2.75) is 33.2 Å². The molecule has 6 nitrogen and oxygen atoms in total. The Morgan fingerprint density at radius 3 is 2.80 bits per heavy atom. The molecule has 0 aliphatic carbocycles. The molecule has 2 aromatic heterocycles. The number of amides is 2. The van der Waals surface area contributed by atoms with Gasteiger partial charge in [-0.3, -0.25) is 19.5 Å². The molecule has 5 rings (SSSR count). The molecule has 2 aliphatic heterocycles. The predicted molar refractivity (Wildman–Crippen MR) is 116 cm³/mol. The Labute approximate surface area is 175 Å². The summed E-state index contributed by atoms with van der Waals surface area (Å²) in [6.45, 7) is 6.99. The van der Waals surface area contributed by atoms with E-state index in [1.54, 1.807) is 6.20 Å². The summed E-state index contributed by atoms with van der Waals surface area (Å²) in [5.41, 5.74) is 5.58. The van der Waals surface area contributed by atoms with Gasteiger partial charge in [0.2, 0.25) is 5.91 Å². The quantitative estimate of drug-likeness (QED) is 0.724. The number of carbonyl (C=O) groups excluding carboxylic acids is 2. The molecule has 0 fully saturated rings. The number of anilines is 1. The van der Waals surface area contributed by atoms with Gasteiger partial charge in [0.25, 0.3) is 5.91 Å². The molecule has 4 heterocycles. The molecule has 6 heteroatoms. The maximum atomic E-state index is 13.4. The minimum atomic E-state index is -0.280. The highest BCUT2D eigenvalue weighted by Gasteiger charge is 2.41. The lowest BCUT2D eigenvalue weighted by Crippen LogP contribution is -2.33. The van der Waals surface area contributed by atoms with Gasteiger partial charge < -0.3 is 9.88 Å². The van der Waals surface area contributed by atoms with Crippen LogP contribution in [0.25, 0.3) is 10.9 Å². The van der Waals surface area contributed by atoms with Crippen molar-refractivity contribution < 1.29 is 9.59 Å². The molecule has 1 unspecified atom stereocenters. The fourth-order valence-corrected chi connectivity index (χ4v) is 4.71. The topological polar surface area (TPSA) is 67.2 Å². The molecule has 0 saturated carbocycles. The maximum Gasteiger partial charge on any atom is 0.259 e. The fraction of sp³-hybridized carbons (Fsp3) is 0.292. The van der Waals surface area contributed by atoms with Gasteiger partial charge in [0, 0.05) is 54.7 Å². The Morgan fingerprint density at radius 2 is 2.10 bits per heavy atom. The van der Waals surface area contributed by atoms with E-state index in [0.717, 1.165) is 40.0 Å². The summed E-state index contributed by atoms with van der Waals surface area (Å²) in [6, 6.07) is 10.1. The lowest BCUT2D eigenvalue weighted by Gasteiger charge is -2.19. The lowest BCUT2D eigenvalue weighted by molar-refractivity contribution is -0.139. The van der Waals surface area contributed by atoms with Gasteiger partial charge in [0.05, 0.1) is 17.6 Å². The predicted octanol–water partition coefficient (Wildman–Crippen LogP) is 3.89. The summed E-state index contributed by atoms with van der Waals surface area (Å²) in [7, 11) is 0. The van der Waals surface area contributed by atoms with E-state index in [9.17, 15) is 9.59 Å². The lowest BCUT2D eigenvalue weighted by atomic mass is 9.85. The number of benzene rings is 1. The number of pyridine rings is 1. The van der Waals surface area contributed by atoms with Crippen molar-refractivity contribution >= 4 is 28.4 Å². The summed E-state index contributed by atoms with van der Waals surface area (Å²) >= 11 is 0. The van der Waals surface area contributed by atoms with Crippen LogP contribution in [0.15, 0.2) is 60.2 Å². The second kappa shape index (κ2) is 6.83. The van der Waals surface area contributed by atoms with Gasteiger partial charge in [0.15, 0.2) is 0 Å². The average molecular weight is 400 g/mol. The van der Waals surface area contributed by atoms with Gasteiger partial charge in [0.1, 0.15) is 0 Å². The van der Waals surface area contributed by atoms with Gasteiger partial charge in [-0.2, -0.15) is 0 Å². The molecule has 1 aromatic carbocycles. The first-order chi connectivity index (χ1) is 14.5. The maximum absolute atomic E-state index is 13.4. The Hall–Kier alpha value is -3.41. The minimum absolute atomic E-state index is 0.226. The Balaban J connectivity index is 1.79. The van der Waals surface area contributed by atoms with Gasteiger partial charge >= 0.3 is 0 Å². The minimum Gasteiger partial charge on any atom is -0.356 e. The van der Waals surface area contributed by atoms with Gasteiger partial charge in [-0.15, -0.1) is 0 Å². The molecule has 3 aromatic rings. The van der Waals surface area contributed by atoms with Crippen molar-refractivity contribution in [2.75, 3.05) is 11.9 Å². The number of hydrogen-bond acceptors (Lipinski definition) is 4. The molecule has 0 saturated heterocycles. The highest BCUT2D eigenvalue weighted by molar-refractivity contribution is 6.11. The molecule has 1 N–H and O–H groups in total. The van der Waals surface area contributed by atoms with Crippen molar-refractivity contribution in [3.8, 4) is 0 Å². The van der Waals surface area contributed by atoms with E-state index in [1.807, 2.05) is 30.5 Å². The summed E-state index contributed by atoms with van der Waals surface area (Å²) in [4.78, 5) is 31.1. The van der Waals surface area contributed by atoms with E-state index in [-0.39, 0.29) is 24.3 Å². The van der Waals surface area contributed by atoms with Crippen LogP contribution in [0.2, 0.25) is 0 Å². The van der Waals surface area contributed by atoms with Crippen molar-refractivity contribution in [3.05, 3.63) is 71.3 Å². The van der Waals surface area contributed by atoms with E-state index in [0.29, 0.717) is 11.5 Å². The molecule has 30 heavy (non-hydrogen) atoms. The third-order valence-electron chi connectivity index (χ3n) is 5.90. The number of nitrogens with zero attached hydrogens (tertiary/aromatic N) is 3. The van der Waals surface area contributed by atoms with E-state index >= 15 is 0 Å². The van der Waals surface area contributed by atoms with Gasteiger partial charge in [-0.25, -0.2) is 0 Å². The van der Waals surface area contributed by atoms with E-state index in [1.165, 1.54) is 11.8 Å². The second-order valence-electron chi connectivity index (χ2n) is 8.48. The van der Waals surface area contributed by atoms with Crippen LogP contribution in [0.3, 0.4) is 0 Å². The first-order valence-corrected chi connectivity index (χ1v) is 10.3. The third-order valence-corrected chi connectivity index (χ3v) is 5.90. The molecular weight excluding hydrogens is 376 g/mol. The van der Waals surface area contributed by atoms with Gasteiger partial charge in [-0.05, 0) is 35.2 Å². The van der Waals surface area contributed by atoms with Crippen LogP contribution in [0, 0.1) is 5.92 Å². The monoisotopic (exact) mass is 400 g/mol. The van der Waals surface area contributed by atoms with Gasteiger partial charge in [-0.1, -0.05) is 26.0 Å². The summed E-state index contributed by atoms with van der Waals surface area (Å²) in [5.74, 6) is -0.259. The summed E-state index contributed by atoms with van der Waals surface area (Å²) in [5, 5.41) is 4.63. The number of imide groups is 1. The number of hydrogen-bond donors (Lipinski definition) is 1. The first-order valence-electron chi connectivity index (χ1n) is 10.3. The zero-order valence-electron chi connectivity index (χ0n) is 17.3. The average Bonchev–Trinajstić information content (AvgIpc) is 3.18. The van der Waals surface area contributed by atoms with Crippen LogP contribution in [0.4, 0.5) is 5.69 Å². The molecule has 2 amide bonds. The molecule has 0 bridgehead atoms. The largest absolute Gasteiger partial charge is 0.356 e. The molecule has 2 aliphatic rings. The summed E-state index contributed by atoms with van der Waals surface area (Å²) < 4.78 is 2.28. The third kappa shape index (κ3) is 2.75. The number of nitrogens with one attached hydrogen (secondary N) is 1. The molecule has 0 radical (unpaired) electrons. The van der Waals surface area contributed by atoms with Crippen molar-refractivity contribution in [1.82, 2.24) is 14.5 Å². The summed E-state index contributed by atoms with van der Waals surface area (Å²) in [6.07, 6.45) is 5.73. The van der Waals surface area contributed by atoms with Crippen molar-refractivity contribution in [2.24, 2.45) is 5.92 Å². The highest BCUT2D eigenvalue weighted by atomic mass is 16.2. The second-order valence-corrected chi connectivity index (χ2v) is 8.48. The molecule has 0 spiro atoms. The van der Waals surface area contributed by atoms with Crippen LogP contribution in [-0.4, -0.2) is 32.8 Å². The number of aromatic nitrogens is 2. The Kier molecular flexibility index (Phi) is 4.24. The van der Waals surface area contributed by atoms with Crippen LogP contribution in [-0.2, 0) is 16.1 Å². The van der Waals surface area contributed by atoms with E-state index in [2.05, 4.69) is 41.0 Å². The van der Waals surface area contributed by atoms with Crippen molar-refractivity contribution in [1.29, 1.82) is 0 Å². The van der Waals surface area contributed by atoms with Crippen LogP contribution >= 0.6 is 0 Å². The van der Waals surface area contributed by atoms with Crippen LogP contribution < -0.4 is 5.32 Å². The molecule has 1 atom stereocenters. The normalized spacial score (nSPS) is 18.1. The Bertz CT molecular complexity index is 1210. The van der Waals surface area contributed by atoms with Crippen molar-refractivity contribution in [3.63, 3.8) is 0 Å². The molecule has 152 valence electrons. The number of rotatable bonds is 3. The smallest absolute Gasteiger partial charge is 0.259 e. The van der Waals surface area contributed by atoms with Crippen LogP contribution in [0.5, 0.6) is 0 Å². The SMILES string of the molecule is CC(=O)N1CC2=C(C1=O)C(c1cccnc1)c1cn(CC(C)C)c3cccc(c13)N2.